The Bertz CT molecular complexity index is 1710. The number of aromatic nitrogens is 1. The fourth-order valence-electron chi connectivity index (χ4n) is 6.15. The van der Waals surface area contributed by atoms with Gasteiger partial charge >= 0.3 is 11.9 Å². The number of benzene rings is 2. The SMILES string of the molecule is CCC(CCCOCC(C)=Cc1ccc(Cc2cccnc2)cc1)CCOC(=O)C1=C(C)NC(C)=C(C(=O)O)C1c1cccc([N+](=O)[O-])c1. The van der Waals surface area contributed by atoms with Crippen molar-refractivity contribution in [3.63, 3.8) is 0 Å². The van der Waals surface area contributed by atoms with Gasteiger partial charge in [0.25, 0.3) is 5.69 Å². The molecule has 0 aliphatic carbocycles. The third-order valence-corrected chi connectivity index (χ3v) is 8.72. The number of dihydropyridines is 1. The van der Waals surface area contributed by atoms with E-state index in [2.05, 4.69) is 60.6 Å². The molecule has 2 heterocycles. The van der Waals surface area contributed by atoms with Crippen LogP contribution in [0.3, 0.4) is 0 Å². The van der Waals surface area contributed by atoms with Crippen LogP contribution in [0.5, 0.6) is 0 Å². The van der Waals surface area contributed by atoms with E-state index in [4.69, 9.17) is 9.47 Å². The lowest BCUT2D eigenvalue weighted by Crippen LogP contribution is -2.32. The van der Waals surface area contributed by atoms with Gasteiger partial charge in [0.2, 0.25) is 0 Å². The number of ether oxygens (including phenoxy) is 2. The molecule has 0 fully saturated rings. The van der Waals surface area contributed by atoms with Gasteiger partial charge in [-0.25, -0.2) is 9.59 Å². The van der Waals surface area contributed by atoms with E-state index in [0.717, 1.165) is 36.8 Å². The van der Waals surface area contributed by atoms with Crippen LogP contribution >= 0.6 is 0 Å². The summed E-state index contributed by atoms with van der Waals surface area (Å²) in [6.45, 7) is 8.79. The van der Waals surface area contributed by atoms with Gasteiger partial charge in [-0.3, -0.25) is 15.1 Å². The number of allylic oxidation sites excluding steroid dienone is 2. The monoisotopic (exact) mass is 667 g/mol. The Morgan fingerprint density at radius 1 is 1.02 bits per heavy atom. The number of nitro groups is 1. The highest BCUT2D eigenvalue weighted by atomic mass is 16.6. The zero-order valence-corrected chi connectivity index (χ0v) is 28.6. The van der Waals surface area contributed by atoms with Crippen molar-refractivity contribution in [3.8, 4) is 0 Å². The van der Waals surface area contributed by atoms with Gasteiger partial charge < -0.3 is 19.9 Å². The molecule has 0 saturated carbocycles. The summed E-state index contributed by atoms with van der Waals surface area (Å²) in [5.41, 5.74) is 5.74. The summed E-state index contributed by atoms with van der Waals surface area (Å²) >= 11 is 0. The van der Waals surface area contributed by atoms with Gasteiger partial charge in [0.05, 0.1) is 35.2 Å². The zero-order valence-electron chi connectivity index (χ0n) is 28.6. The summed E-state index contributed by atoms with van der Waals surface area (Å²) in [7, 11) is 0. The van der Waals surface area contributed by atoms with Gasteiger partial charge in [0.15, 0.2) is 0 Å². The number of carbonyl (C=O) groups excluding carboxylic acids is 1. The second-order valence-corrected chi connectivity index (χ2v) is 12.5. The minimum atomic E-state index is -1.22. The predicted molar refractivity (Wildman–Crippen MR) is 189 cm³/mol. The number of aliphatic carboxylic acids is 1. The Balaban J connectivity index is 1.24. The normalized spacial score (nSPS) is 15.5. The van der Waals surface area contributed by atoms with E-state index >= 15 is 0 Å². The van der Waals surface area contributed by atoms with Gasteiger partial charge in [-0.15, -0.1) is 0 Å². The third-order valence-electron chi connectivity index (χ3n) is 8.72. The van der Waals surface area contributed by atoms with Crippen LogP contribution in [0.15, 0.2) is 101 Å². The molecular formula is C39H45N3O7. The zero-order chi connectivity index (χ0) is 35.3. The van der Waals surface area contributed by atoms with E-state index in [1.165, 1.54) is 29.3 Å². The molecule has 258 valence electrons. The molecule has 2 atom stereocenters. The molecule has 1 aliphatic heterocycles. The number of carboxylic acids is 1. The summed E-state index contributed by atoms with van der Waals surface area (Å²) in [4.78, 5) is 40.8. The first-order valence-corrected chi connectivity index (χ1v) is 16.6. The van der Waals surface area contributed by atoms with Crippen LogP contribution in [0.2, 0.25) is 0 Å². The fourth-order valence-corrected chi connectivity index (χ4v) is 6.15. The first-order valence-electron chi connectivity index (χ1n) is 16.6. The minimum absolute atomic E-state index is 0.0516. The molecule has 10 heteroatoms. The van der Waals surface area contributed by atoms with Crippen LogP contribution in [-0.2, 0) is 25.5 Å². The number of rotatable bonds is 17. The van der Waals surface area contributed by atoms with Crippen LogP contribution in [0, 0.1) is 16.0 Å². The van der Waals surface area contributed by atoms with Crippen molar-refractivity contribution in [1.82, 2.24) is 10.3 Å². The molecule has 3 aromatic rings. The number of nitro benzene ring substituents is 1. The maximum Gasteiger partial charge on any atom is 0.336 e. The quantitative estimate of drug-likeness (QED) is 0.0639. The molecule has 2 aromatic carbocycles. The topological polar surface area (TPSA) is 141 Å². The van der Waals surface area contributed by atoms with Crippen LogP contribution in [0.25, 0.3) is 6.08 Å². The van der Waals surface area contributed by atoms with Crippen molar-refractivity contribution < 1.29 is 29.1 Å². The molecule has 1 aromatic heterocycles. The average molecular weight is 668 g/mol. The Morgan fingerprint density at radius 2 is 1.78 bits per heavy atom. The highest BCUT2D eigenvalue weighted by Gasteiger charge is 2.37. The molecule has 10 nitrogen and oxygen atoms in total. The third kappa shape index (κ3) is 10.4. The standard InChI is InChI=1S/C39H45N3O7/c1-5-29(10-8-19-48-25-26(2)21-30-13-15-31(16-14-30)22-32-9-7-18-40-24-32)17-20-49-39(45)36-28(4)41-27(3)35(38(43)44)37(36)33-11-6-12-34(23-33)42(46)47/h6-7,9,11-16,18,21,23-24,29,37,41H,5,8,10,17,19-20,22,25H2,1-4H3,(H,43,44). The van der Waals surface area contributed by atoms with E-state index in [1.807, 2.05) is 12.3 Å². The van der Waals surface area contributed by atoms with Crippen LogP contribution < -0.4 is 5.32 Å². The number of nitrogens with one attached hydrogen (secondary N) is 1. The molecule has 2 unspecified atom stereocenters. The predicted octanol–water partition coefficient (Wildman–Crippen LogP) is 7.76. The number of pyridine rings is 1. The molecular weight excluding hydrogens is 622 g/mol. The lowest BCUT2D eigenvalue weighted by atomic mass is 9.80. The molecule has 0 bridgehead atoms. The van der Waals surface area contributed by atoms with E-state index in [9.17, 15) is 24.8 Å². The summed E-state index contributed by atoms with van der Waals surface area (Å²) < 4.78 is 11.6. The Morgan fingerprint density at radius 3 is 2.45 bits per heavy atom. The summed E-state index contributed by atoms with van der Waals surface area (Å²) in [5.74, 6) is -2.55. The molecule has 0 amide bonds. The summed E-state index contributed by atoms with van der Waals surface area (Å²) in [5, 5.41) is 24.5. The molecule has 0 saturated heterocycles. The molecule has 2 N–H and O–H groups in total. The number of nitrogens with zero attached hydrogens (tertiary/aromatic N) is 2. The lowest BCUT2D eigenvalue weighted by molar-refractivity contribution is -0.384. The van der Waals surface area contributed by atoms with Crippen LogP contribution in [0.4, 0.5) is 5.69 Å². The minimum Gasteiger partial charge on any atom is -0.478 e. The molecule has 4 rings (SSSR count). The molecule has 1 aliphatic rings. The second-order valence-electron chi connectivity index (χ2n) is 12.5. The van der Waals surface area contributed by atoms with Gasteiger partial charge in [0.1, 0.15) is 0 Å². The number of esters is 1. The number of hydrogen-bond acceptors (Lipinski definition) is 8. The van der Waals surface area contributed by atoms with Crippen molar-refractivity contribution in [3.05, 3.63) is 134 Å². The number of hydrogen-bond donors (Lipinski definition) is 2. The smallest absolute Gasteiger partial charge is 0.336 e. The number of non-ortho nitro benzene ring substituents is 1. The van der Waals surface area contributed by atoms with Gasteiger partial charge in [-0.2, -0.15) is 0 Å². The van der Waals surface area contributed by atoms with Crippen LogP contribution in [0.1, 0.15) is 81.5 Å². The van der Waals surface area contributed by atoms with E-state index in [1.54, 1.807) is 26.1 Å². The maximum absolute atomic E-state index is 13.4. The number of carboxylic acid groups (broad SMARTS) is 1. The maximum atomic E-state index is 13.4. The number of carbonyl (C=O) groups is 2. The highest BCUT2D eigenvalue weighted by molar-refractivity contribution is 5.99. The molecule has 0 radical (unpaired) electrons. The summed E-state index contributed by atoms with van der Waals surface area (Å²) in [6.07, 6.45) is 10.0. The van der Waals surface area contributed by atoms with Crippen molar-refractivity contribution >= 4 is 23.7 Å². The average Bonchev–Trinajstić information content (AvgIpc) is 3.08. The van der Waals surface area contributed by atoms with Crippen molar-refractivity contribution in [2.45, 2.75) is 65.7 Å². The molecule has 49 heavy (non-hydrogen) atoms. The van der Waals surface area contributed by atoms with E-state index in [-0.39, 0.29) is 23.4 Å². The highest BCUT2D eigenvalue weighted by Crippen LogP contribution is 2.39. The van der Waals surface area contributed by atoms with Gasteiger partial charge in [-0.05, 0) is 86.3 Å². The Labute approximate surface area is 287 Å². The molecule has 0 spiro atoms. The fraction of sp³-hybridized carbons (Fsp3) is 0.359. The van der Waals surface area contributed by atoms with Gasteiger partial charge in [0, 0.05) is 42.5 Å². The van der Waals surface area contributed by atoms with E-state index < -0.39 is 22.8 Å². The van der Waals surface area contributed by atoms with Gasteiger partial charge in [-0.1, -0.05) is 61.9 Å². The first-order chi connectivity index (χ1) is 23.6. The Kier molecular flexibility index (Phi) is 13.4. The lowest BCUT2D eigenvalue weighted by Gasteiger charge is -2.29. The second kappa shape index (κ2) is 17.9. The van der Waals surface area contributed by atoms with Crippen LogP contribution in [-0.4, -0.2) is 46.8 Å². The van der Waals surface area contributed by atoms with Crippen molar-refractivity contribution in [1.29, 1.82) is 0 Å². The largest absolute Gasteiger partial charge is 0.478 e. The Hall–Kier alpha value is -5.09. The first kappa shape index (κ1) is 36.7. The van der Waals surface area contributed by atoms with Crippen molar-refractivity contribution in [2.24, 2.45) is 5.92 Å². The van der Waals surface area contributed by atoms with E-state index in [0.29, 0.717) is 42.5 Å². The van der Waals surface area contributed by atoms with Crippen molar-refractivity contribution in [2.75, 3.05) is 19.8 Å². The summed E-state index contributed by atoms with van der Waals surface area (Å²) in [6, 6.07) is 18.3.